The number of H-pyrrole nitrogens is 1. The number of carbonyl (C=O) groups is 1. The lowest BCUT2D eigenvalue weighted by molar-refractivity contribution is -0.139. The molecule has 1 N–H and O–H groups in total. The van der Waals surface area contributed by atoms with E-state index in [4.69, 9.17) is 9.47 Å². The van der Waals surface area contributed by atoms with Gasteiger partial charge < -0.3 is 14.5 Å². The molecule has 184 valence electrons. The summed E-state index contributed by atoms with van der Waals surface area (Å²) in [7, 11) is 0. The Labute approximate surface area is 212 Å². The van der Waals surface area contributed by atoms with E-state index in [2.05, 4.69) is 9.98 Å². The van der Waals surface area contributed by atoms with Crippen LogP contribution in [-0.4, -0.2) is 28.2 Å². The maximum atomic E-state index is 13.8. The smallest absolute Gasteiger partial charge is 0.338 e. The Morgan fingerprint density at radius 1 is 1.19 bits per heavy atom. The molecule has 1 aliphatic rings. The third-order valence-electron chi connectivity index (χ3n) is 5.99. The molecule has 0 saturated heterocycles. The first kappa shape index (κ1) is 23.8. The highest BCUT2D eigenvalue weighted by molar-refractivity contribution is 7.07. The zero-order valence-corrected chi connectivity index (χ0v) is 21.4. The number of aromatic nitrogens is 2. The fraction of sp³-hybridized carbons (Fsp3) is 0.250. The van der Waals surface area contributed by atoms with Crippen LogP contribution < -0.4 is 19.6 Å². The minimum absolute atomic E-state index is 0.0373. The average Bonchev–Trinajstić information content (AvgIpc) is 3.39. The number of allylic oxidation sites excluding steroid dienone is 1. The number of benzene rings is 2. The molecule has 0 saturated carbocycles. The van der Waals surface area contributed by atoms with Crippen LogP contribution in [0.15, 0.2) is 75.8 Å². The van der Waals surface area contributed by atoms with Gasteiger partial charge in [0.15, 0.2) is 4.80 Å². The van der Waals surface area contributed by atoms with Crippen LogP contribution >= 0.6 is 11.3 Å². The van der Waals surface area contributed by atoms with Crippen molar-refractivity contribution >= 4 is 34.3 Å². The topological polar surface area (TPSA) is 85.7 Å². The number of para-hydroxylation sites is 1. The molecule has 0 fully saturated rings. The fourth-order valence-electron chi connectivity index (χ4n) is 4.46. The Kier molecular flexibility index (Phi) is 6.36. The van der Waals surface area contributed by atoms with Crippen LogP contribution in [0.3, 0.4) is 0 Å². The molecule has 2 aromatic carbocycles. The van der Waals surface area contributed by atoms with Crippen molar-refractivity contribution in [3.8, 4) is 5.75 Å². The highest BCUT2D eigenvalue weighted by Gasteiger charge is 2.33. The summed E-state index contributed by atoms with van der Waals surface area (Å²) in [5.74, 6) is 0.246. The highest BCUT2D eigenvalue weighted by Crippen LogP contribution is 2.31. The van der Waals surface area contributed by atoms with Gasteiger partial charge in [-0.05, 0) is 57.5 Å². The molecule has 0 spiro atoms. The number of fused-ring (bicyclic) bond motifs is 2. The van der Waals surface area contributed by atoms with Gasteiger partial charge >= 0.3 is 5.97 Å². The first-order valence-electron chi connectivity index (χ1n) is 11.9. The first-order chi connectivity index (χ1) is 17.4. The van der Waals surface area contributed by atoms with Crippen LogP contribution in [0.4, 0.5) is 0 Å². The molecule has 1 atom stereocenters. The van der Waals surface area contributed by atoms with Gasteiger partial charge in [-0.3, -0.25) is 9.36 Å². The van der Waals surface area contributed by atoms with Gasteiger partial charge in [0.25, 0.3) is 5.56 Å². The summed E-state index contributed by atoms with van der Waals surface area (Å²) in [4.78, 5) is 35.3. The summed E-state index contributed by atoms with van der Waals surface area (Å²) >= 11 is 1.31. The summed E-state index contributed by atoms with van der Waals surface area (Å²) < 4.78 is 13.3. The predicted molar refractivity (Wildman–Crippen MR) is 141 cm³/mol. The van der Waals surface area contributed by atoms with E-state index in [0.717, 1.165) is 27.8 Å². The monoisotopic (exact) mass is 501 g/mol. The van der Waals surface area contributed by atoms with E-state index in [1.807, 2.05) is 74.7 Å². The summed E-state index contributed by atoms with van der Waals surface area (Å²) in [6.45, 7) is 7.70. The van der Waals surface area contributed by atoms with Gasteiger partial charge in [0.05, 0.1) is 34.6 Å². The number of hydrogen-bond donors (Lipinski definition) is 1. The van der Waals surface area contributed by atoms with Crippen molar-refractivity contribution in [3.63, 3.8) is 0 Å². The third kappa shape index (κ3) is 4.28. The largest absolute Gasteiger partial charge is 0.491 e. The predicted octanol–water partition coefficient (Wildman–Crippen LogP) is 4.07. The second-order valence-corrected chi connectivity index (χ2v) is 9.84. The summed E-state index contributed by atoms with van der Waals surface area (Å²) in [6.07, 6.45) is 3.81. The van der Waals surface area contributed by atoms with E-state index < -0.39 is 12.0 Å². The lowest BCUT2D eigenvalue weighted by atomic mass is 9.96. The van der Waals surface area contributed by atoms with Gasteiger partial charge in [0.1, 0.15) is 5.75 Å². The molecule has 1 aliphatic heterocycles. The number of rotatable bonds is 6. The molecule has 36 heavy (non-hydrogen) atoms. The van der Waals surface area contributed by atoms with Crippen molar-refractivity contribution in [2.45, 2.75) is 39.8 Å². The fourth-order valence-corrected chi connectivity index (χ4v) is 5.50. The number of carbonyl (C=O) groups excluding carboxylic acids is 1. The van der Waals surface area contributed by atoms with Crippen LogP contribution in [0.2, 0.25) is 0 Å². The van der Waals surface area contributed by atoms with Crippen molar-refractivity contribution in [1.82, 2.24) is 9.55 Å². The summed E-state index contributed by atoms with van der Waals surface area (Å²) in [5.41, 5.74) is 3.40. The molecule has 0 unspecified atom stereocenters. The van der Waals surface area contributed by atoms with Gasteiger partial charge in [0.2, 0.25) is 0 Å². The zero-order chi connectivity index (χ0) is 25.4. The lowest BCUT2D eigenvalue weighted by Gasteiger charge is -2.25. The average molecular weight is 502 g/mol. The van der Waals surface area contributed by atoms with E-state index in [1.54, 1.807) is 18.4 Å². The summed E-state index contributed by atoms with van der Waals surface area (Å²) in [5, 5.41) is 1.03. The van der Waals surface area contributed by atoms with Crippen LogP contribution in [0.5, 0.6) is 5.75 Å². The SMILES string of the molecule is CCOC(=O)C1=C(C)N=c2sc(=Cc3c[nH]c4ccccc34)c(=O)n2[C@H]1c1ccc(OC(C)C)cc1. The number of nitrogens with zero attached hydrogens (tertiary/aromatic N) is 2. The van der Waals surface area contributed by atoms with Crippen molar-refractivity contribution in [3.05, 3.63) is 96.8 Å². The molecular formula is C28H27N3O4S. The molecule has 4 aromatic rings. The molecule has 5 rings (SSSR count). The summed E-state index contributed by atoms with van der Waals surface area (Å²) in [6, 6.07) is 14.8. The number of hydrogen-bond acceptors (Lipinski definition) is 6. The molecule has 0 bridgehead atoms. The molecule has 3 heterocycles. The van der Waals surface area contributed by atoms with E-state index in [1.165, 1.54) is 11.3 Å². The van der Waals surface area contributed by atoms with Crippen LogP contribution in [0, 0.1) is 0 Å². The maximum Gasteiger partial charge on any atom is 0.338 e. The normalized spacial score (nSPS) is 15.8. The quantitative estimate of drug-likeness (QED) is 0.404. The van der Waals surface area contributed by atoms with Crippen molar-refractivity contribution in [2.24, 2.45) is 4.99 Å². The Morgan fingerprint density at radius 2 is 1.94 bits per heavy atom. The van der Waals surface area contributed by atoms with Crippen LogP contribution in [-0.2, 0) is 9.53 Å². The second kappa shape index (κ2) is 9.62. The van der Waals surface area contributed by atoms with E-state index in [-0.39, 0.29) is 18.3 Å². The number of ether oxygens (including phenoxy) is 2. The Balaban J connectivity index is 1.68. The second-order valence-electron chi connectivity index (χ2n) is 8.83. The molecule has 0 amide bonds. The first-order valence-corrected chi connectivity index (χ1v) is 12.7. The highest BCUT2D eigenvalue weighted by atomic mass is 32.1. The number of thiazole rings is 1. The van der Waals surface area contributed by atoms with E-state index in [0.29, 0.717) is 20.6 Å². The standard InChI is InChI=1S/C28H27N3O4S/c1-5-34-27(33)24-17(4)30-28-31(25(24)18-10-12-20(13-11-18)35-16(2)3)26(32)23(36-28)14-19-15-29-22-9-7-6-8-21(19)22/h6-16,25,29H,5H2,1-4H3/t25-/m0/s1. The Bertz CT molecular complexity index is 1660. The number of esters is 1. The Morgan fingerprint density at radius 3 is 2.67 bits per heavy atom. The molecule has 2 aromatic heterocycles. The van der Waals surface area contributed by atoms with Gasteiger partial charge in [-0.2, -0.15) is 0 Å². The minimum Gasteiger partial charge on any atom is -0.491 e. The third-order valence-corrected chi connectivity index (χ3v) is 6.98. The van der Waals surface area contributed by atoms with Crippen LogP contribution in [0.1, 0.15) is 44.9 Å². The molecule has 8 heteroatoms. The van der Waals surface area contributed by atoms with Gasteiger partial charge in [0, 0.05) is 22.7 Å². The number of nitrogens with one attached hydrogen (secondary N) is 1. The molecule has 0 aliphatic carbocycles. The lowest BCUT2D eigenvalue weighted by Crippen LogP contribution is -2.39. The van der Waals surface area contributed by atoms with Gasteiger partial charge in [-0.25, -0.2) is 9.79 Å². The maximum absolute atomic E-state index is 13.8. The van der Waals surface area contributed by atoms with Crippen molar-refractivity contribution < 1.29 is 14.3 Å². The van der Waals surface area contributed by atoms with Crippen molar-refractivity contribution in [1.29, 1.82) is 0 Å². The Hall–Kier alpha value is -3.91. The van der Waals surface area contributed by atoms with Crippen LogP contribution in [0.25, 0.3) is 17.0 Å². The molecular weight excluding hydrogens is 474 g/mol. The van der Waals surface area contributed by atoms with E-state index >= 15 is 0 Å². The zero-order valence-electron chi connectivity index (χ0n) is 20.6. The number of aromatic amines is 1. The van der Waals surface area contributed by atoms with Crippen molar-refractivity contribution in [2.75, 3.05) is 6.61 Å². The minimum atomic E-state index is -0.654. The van der Waals surface area contributed by atoms with Gasteiger partial charge in [-0.15, -0.1) is 0 Å². The van der Waals surface area contributed by atoms with Gasteiger partial charge in [-0.1, -0.05) is 41.7 Å². The molecule has 7 nitrogen and oxygen atoms in total. The molecule has 0 radical (unpaired) electrons. The van der Waals surface area contributed by atoms with E-state index in [9.17, 15) is 9.59 Å².